The van der Waals surface area contributed by atoms with Crippen LogP contribution in [0, 0.1) is 11.7 Å². The van der Waals surface area contributed by atoms with Gasteiger partial charge in [-0.2, -0.15) is 0 Å². The molecule has 0 radical (unpaired) electrons. The second-order valence-electron chi connectivity index (χ2n) is 8.69. The fourth-order valence-corrected chi connectivity index (χ4v) is 5.01. The molecule has 1 fully saturated rings. The SMILES string of the molecule is COc1ccc2c(c1)N1CCN(c3ccc(F)cc3)C[C@H]1[C@@H](C(=O)NCc1ccccc1)C2. The molecule has 0 unspecified atom stereocenters. The molecule has 0 saturated carbocycles. The fourth-order valence-electron chi connectivity index (χ4n) is 5.01. The highest BCUT2D eigenvalue weighted by atomic mass is 19.1. The smallest absolute Gasteiger partial charge is 0.225 e. The quantitative estimate of drug-likeness (QED) is 0.645. The first-order valence-electron chi connectivity index (χ1n) is 11.4. The van der Waals surface area contributed by atoms with Crippen molar-refractivity contribution in [3.8, 4) is 5.75 Å². The first-order chi connectivity index (χ1) is 16.1. The van der Waals surface area contributed by atoms with Gasteiger partial charge in [0.2, 0.25) is 5.91 Å². The van der Waals surface area contributed by atoms with Gasteiger partial charge in [0.15, 0.2) is 0 Å². The van der Waals surface area contributed by atoms with Gasteiger partial charge in [-0.3, -0.25) is 4.79 Å². The van der Waals surface area contributed by atoms with Gasteiger partial charge < -0.3 is 19.9 Å². The Bertz CT molecular complexity index is 1120. The summed E-state index contributed by atoms with van der Waals surface area (Å²) >= 11 is 0. The monoisotopic (exact) mass is 445 g/mol. The molecule has 2 aliphatic heterocycles. The molecule has 6 heteroatoms. The molecule has 170 valence electrons. The summed E-state index contributed by atoms with van der Waals surface area (Å²) in [4.78, 5) is 18.0. The Kier molecular flexibility index (Phi) is 5.90. The van der Waals surface area contributed by atoms with E-state index in [-0.39, 0.29) is 23.7 Å². The predicted octanol–water partition coefficient (Wildman–Crippen LogP) is 4.02. The van der Waals surface area contributed by atoms with Crippen molar-refractivity contribution in [2.75, 3.05) is 36.5 Å². The lowest BCUT2D eigenvalue weighted by atomic mass is 9.83. The molecular weight excluding hydrogens is 417 g/mol. The van der Waals surface area contributed by atoms with Crippen molar-refractivity contribution >= 4 is 17.3 Å². The summed E-state index contributed by atoms with van der Waals surface area (Å²) in [7, 11) is 1.67. The van der Waals surface area contributed by atoms with E-state index < -0.39 is 0 Å². The number of rotatable bonds is 5. The summed E-state index contributed by atoms with van der Waals surface area (Å²) in [6.07, 6.45) is 0.679. The predicted molar refractivity (Wildman–Crippen MR) is 128 cm³/mol. The Hall–Kier alpha value is -3.54. The molecule has 1 amide bonds. The number of carbonyl (C=O) groups is 1. The van der Waals surface area contributed by atoms with E-state index in [0.29, 0.717) is 19.5 Å². The summed E-state index contributed by atoms with van der Waals surface area (Å²) in [6.45, 7) is 2.80. The topological polar surface area (TPSA) is 44.8 Å². The van der Waals surface area contributed by atoms with Gasteiger partial charge in [-0.15, -0.1) is 0 Å². The first kappa shape index (κ1) is 21.3. The number of amides is 1. The van der Waals surface area contributed by atoms with Crippen molar-refractivity contribution in [3.63, 3.8) is 0 Å². The van der Waals surface area contributed by atoms with Crippen molar-refractivity contribution < 1.29 is 13.9 Å². The Morgan fingerprint density at radius 2 is 1.85 bits per heavy atom. The molecule has 33 heavy (non-hydrogen) atoms. The van der Waals surface area contributed by atoms with E-state index in [1.807, 2.05) is 48.5 Å². The molecule has 1 N–H and O–H groups in total. The molecule has 0 aliphatic carbocycles. The second-order valence-corrected chi connectivity index (χ2v) is 8.69. The van der Waals surface area contributed by atoms with Crippen LogP contribution in [0.15, 0.2) is 72.8 Å². The third kappa shape index (κ3) is 4.38. The van der Waals surface area contributed by atoms with Gasteiger partial charge in [0, 0.05) is 43.6 Å². The molecule has 3 aromatic carbocycles. The van der Waals surface area contributed by atoms with Crippen LogP contribution in [0.1, 0.15) is 11.1 Å². The van der Waals surface area contributed by atoms with Gasteiger partial charge in [-0.05, 0) is 47.9 Å². The molecular formula is C27H28FN3O2. The number of methoxy groups -OCH3 is 1. The third-order valence-electron chi connectivity index (χ3n) is 6.76. The van der Waals surface area contributed by atoms with Crippen LogP contribution in [-0.4, -0.2) is 38.7 Å². The molecule has 3 aromatic rings. The van der Waals surface area contributed by atoms with Crippen molar-refractivity contribution in [1.29, 1.82) is 0 Å². The van der Waals surface area contributed by atoms with E-state index in [1.165, 1.54) is 17.7 Å². The zero-order chi connectivity index (χ0) is 22.8. The van der Waals surface area contributed by atoms with Crippen LogP contribution in [0.2, 0.25) is 0 Å². The lowest BCUT2D eigenvalue weighted by molar-refractivity contribution is -0.126. The van der Waals surface area contributed by atoms with Crippen LogP contribution in [0.3, 0.4) is 0 Å². The number of ether oxygens (including phenoxy) is 1. The van der Waals surface area contributed by atoms with Crippen molar-refractivity contribution in [2.24, 2.45) is 5.92 Å². The highest BCUT2D eigenvalue weighted by Crippen LogP contribution is 2.39. The molecule has 0 spiro atoms. The van der Waals surface area contributed by atoms with Gasteiger partial charge in [0.05, 0.1) is 19.1 Å². The normalized spacial score (nSPS) is 19.5. The van der Waals surface area contributed by atoms with Crippen LogP contribution in [0.4, 0.5) is 15.8 Å². The van der Waals surface area contributed by atoms with Gasteiger partial charge >= 0.3 is 0 Å². The van der Waals surface area contributed by atoms with Crippen molar-refractivity contribution in [3.05, 3.63) is 89.7 Å². The maximum atomic E-state index is 13.5. The van der Waals surface area contributed by atoms with Crippen LogP contribution in [0.25, 0.3) is 0 Å². The van der Waals surface area contributed by atoms with E-state index in [0.717, 1.165) is 35.8 Å². The van der Waals surface area contributed by atoms with Gasteiger partial charge in [-0.1, -0.05) is 36.4 Å². The van der Waals surface area contributed by atoms with Crippen molar-refractivity contribution in [2.45, 2.75) is 19.0 Å². The largest absolute Gasteiger partial charge is 0.497 e. The number of halogens is 1. The number of hydrogen-bond donors (Lipinski definition) is 1. The van der Waals surface area contributed by atoms with E-state index in [9.17, 15) is 9.18 Å². The highest BCUT2D eigenvalue weighted by Gasteiger charge is 2.41. The average Bonchev–Trinajstić information content (AvgIpc) is 2.87. The maximum Gasteiger partial charge on any atom is 0.225 e. The molecule has 5 nitrogen and oxygen atoms in total. The molecule has 5 rings (SSSR count). The second kappa shape index (κ2) is 9.14. The molecule has 2 atom stereocenters. The number of nitrogens with one attached hydrogen (secondary N) is 1. The summed E-state index contributed by atoms with van der Waals surface area (Å²) in [6, 6.07) is 22.7. The highest BCUT2D eigenvalue weighted by molar-refractivity contribution is 5.82. The number of benzene rings is 3. The van der Waals surface area contributed by atoms with Crippen LogP contribution < -0.4 is 19.9 Å². The fraction of sp³-hybridized carbons (Fsp3) is 0.296. The standard InChI is InChI=1S/C27H28FN3O2/c1-33-23-12-7-20-15-24(27(32)29-17-19-5-3-2-4-6-19)26-18-30(13-14-31(26)25(20)16-23)22-10-8-21(28)9-11-22/h2-12,16,24,26H,13-15,17-18H2,1H3,(H,29,32)/t24-,26-/m0/s1. The van der Waals surface area contributed by atoms with Crippen LogP contribution in [0.5, 0.6) is 5.75 Å². The number of anilines is 2. The maximum absolute atomic E-state index is 13.5. The van der Waals surface area contributed by atoms with E-state index >= 15 is 0 Å². The van der Waals surface area contributed by atoms with Crippen molar-refractivity contribution in [1.82, 2.24) is 5.32 Å². The lowest BCUT2D eigenvalue weighted by Gasteiger charge is -2.49. The third-order valence-corrected chi connectivity index (χ3v) is 6.76. The summed E-state index contributed by atoms with van der Waals surface area (Å²) in [5.74, 6) is 0.462. The zero-order valence-corrected chi connectivity index (χ0v) is 18.7. The Labute approximate surface area is 193 Å². The summed E-state index contributed by atoms with van der Waals surface area (Å²) < 4.78 is 18.9. The van der Waals surface area contributed by atoms with E-state index in [4.69, 9.17) is 4.74 Å². The molecule has 2 heterocycles. The number of carbonyl (C=O) groups excluding carboxylic acids is 1. The Morgan fingerprint density at radius 1 is 1.06 bits per heavy atom. The van der Waals surface area contributed by atoms with Gasteiger partial charge in [0.25, 0.3) is 0 Å². The first-order valence-corrected chi connectivity index (χ1v) is 11.4. The summed E-state index contributed by atoms with van der Waals surface area (Å²) in [5, 5.41) is 3.16. The Balaban J connectivity index is 1.42. The molecule has 2 aliphatic rings. The minimum Gasteiger partial charge on any atom is -0.497 e. The molecule has 0 aromatic heterocycles. The van der Waals surface area contributed by atoms with Gasteiger partial charge in [0.1, 0.15) is 11.6 Å². The van der Waals surface area contributed by atoms with Crippen LogP contribution in [-0.2, 0) is 17.8 Å². The number of fused-ring (bicyclic) bond motifs is 3. The van der Waals surface area contributed by atoms with E-state index in [1.54, 1.807) is 7.11 Å². The van der Waals surface area contributed by atoms with Gasteiger partial charge in [-0.25, -0.2) is 4.39 Å². The zero-order valence-electron chi connectivity index (χ0n) is 18.7. The van der Waals surface area contributed by atoms with E-state index in [2.05, 4.69) is 27.2 Å². The molecule has 0 bridgehead atoms. The Morgan fingerprint density at radius 3 is 2.61 bits per heavy atom. The number of piperazine rings is 1. The minimum atomic E-state index is -0.241. The lowest BCUT2D eigenvalue weighted by Crippen LogP contribution is -2.61. The minimum absolute atomic E-state index is 0.0131. The average molecular weight is 446 g/mol. The molecule has 1 saturated heterocycles. The number of nitrogens with zero attached hydrogens (tertiary/aromatic N) is 2. The number of hydrogen-bond acceptors (Lipinski definition) is 4. The summed E-state index contributed by atoms with van der Waals surface area (Å²) in [5.41, 5.74) is 4.38. The van der Waals surface area contributed by atoms with Crippen LogP contribution >= 0.6 is 0 Å².